The summed E-state index contributed by atoms with van der Waals surface area (Å²) >= 11 is 6.08. The van der Waals surface area contributed by atoms with Crippen molar-refractivity contribution in [3.63, 3.8) is 0 Å². The molecule has 3 aromatic heterocycles. The van der Waals surface area contributed by atoms with E-state index in [-0.39, 0.29) is 10.7 Å². The van der Waals surface area contributed by atoms with Gasteiger partial charge in [-0.15, -0.1) is 0 Å². The topological polar surface area (TPSA) is 102 Å². The molecule has 0 bridgehead atoms. The van der Waals surface area contributed by atoms with E-state index in [4.69, 9.17) is 11.6 Å². The van der Waals surface area contributed by atoms with Gasteiger partial charge in [-0.3, -0.25) is 25.4 Å². The standard InChI is InChI=1S/C17H15ClN6O2/c1-10-8-11(2)24(23-10)14-6-5-13(18)15(20-14)17(26)22-21-16(25)12-4-3-7-19-9-12/h3-9H,1-2H3,(H,21,25)(H,22,26). The summed E-state index contributed by atoms with van der Waals surface area (Å²) in [6.07, 6.45) is 2.93. The molecule has 0 aliphatic heterocycles. The van der Waals surface area contributed by atoms with Gasteiger partial charge in [-0.2, -0.15) is 5.10 Å². The molecule has 0 fully saturated rings. The van der Waals surface area contributed by atoms with Crippen molar-refractivity contribution in [2.75, 3.05) is 0 Å². The lowest BCUT2D eigenvalue weighted by atomic mass is 10.3. The predicted molar refractivity (Wildman–Crippen MR) is 95.0 cm³/mol. The zero-order chi connectivity index (χ0) is 18.7. The Morgan fingerprint density at radius 2 is 1.88 bits per heavy atom. The van der Waals surface area contributed by atoms with Crippen LogP contribution < -0.4 is 10.9 Å². The molecule has 26 heavy (non-hydrogen) atoms. The number of amides is 2. The number of aromatic nitrogens is 4. The van der Waals surface area contributed by atoms with Crippen LogP contribution in [0.25, 0.3) is 5.82 Å². The molecule has 0 radical (unpaired) electrons. The zero-order valence-corrected chi connectivity index (χ0v) is 14.8. The lowest BCUT2D eigenvalue weighted by Gasteiger charge is -2.10. The van der Waals surface area contributed by atoms with E-state index in [1.165, 1.54) is 6.20 Å². The van der Waals surface area contributed by atoms with Crippen LogP contribution in [-0.4, -0.2) is 31.6 Å². The minimum atomic E-state index is -0.643. The SMILES string of the molecule is Cc1cc(C)n(-c2ccc(Cl)c(C(=O)NNC(=O)c3cccnc3)n2)n1. The molecule has 3 heterocycles. The smallest absolute Gasteiger partial charge is 0.267 e. The molecule has 0 saturated heterocycles. The number of carbonyl (C=O) groups excluding carboxylic acids is 2. The third-order valence-electron chi connectivity index (χ3n) is 3.49. The van der Waals surface area contributed by atoms with E-state index in [9.17, 15) is 9.59 Å². The molecule has 0 unspecified atom stereocenters. The Balaban J connectivity index is 1.78. The first kappa shape index (κ1) is 17.6. The quantitative estimate of drug-likeness (QED) is 0.686. The Labute approximate surface area is 154 Å². The second-order valence-electron chi connectivity index (χ2n) is 5.49. The highest BCUT2D eigenvalue weighted by Crippen LogP contribution is 2.17. The number of hydrogen-bond donors (Lipinski definition) is 2. The molecule has 0 aromatic carbocycles. The van der Waals surface area contributed by atoms with Crippen LogP contribution in [-0.2, 0) is 0 Å². The molecule has 9 heteroatoms. The van der Waals surface area contributed by atoms with Gasteiger partial charge in [-0.05, 0) is 44.2 Å². The van der Waals surface area contributed by atoms with E-state index >= 15 is 0 Å². The first-order valence-corrected chi connectivity index (χ1v) is 8.04. The van der Waals surface area contributed by atoms with Gasteiger partial charge in [-0.25, -0.2) is 9.67 Å². The minimum Gasteiger partial charge on any atom is -0.267 e. The van der Waals surface area contributed by atoms with Crippen LogP contribution in [0.5, 0.6) is 0 Å². The lowest BCUT2D eigenvalue weighted by Crippen LogP contribution is -2.42. The van der Waals surface area contributed by atoms with Crippen LogP contribution in [0.3, 0.4) is 0 Å². The molecular weight excluding hydrogens is 356 g/mol. The van der Waals surface area contributed by atoms with Crippen molar-refractivity contribution < 1.29 is 9.59 Å². The van der Waals surface area contributed by atoms with Crippen molar-refractivity contribution in [1.29, 1.82) is 0 Å². The number of nitrogens with zero attached hydrogens (tertiary/aromatic N) is 4. The number of rotatable bonds is 3. The number of hydrogen-bond acceptors (Lipinski definition) is 5. The fourth-order valence-electron chi connectivity index (χ4n) is 2.31. The fraction of sp³-hybridized carbons (Fsp3) is 0.118. The number of nitrogens with one attached hydrogen (secondary N) is 2. The second-order valence-corrected chi connectivity index (χ2v) is 5.90. The van der Waals surface area contributed by atoms with E-state index in [1.54, 1.807) is 35.1 Å². The summed E-state index contributed by atoms with van der Waals surface area (Å²) in [6, 6.07) is 8.30. The summed E-state index contributed by atoms with van der Waals surface area (Å²) < 4.78 is 1.61. The summed E-state index contributed by atoms with van der Waals surface area (Å²) in [7, 11) is 0. The van der Waals surface area contributed by atoms with Crippen LogP contribution >= 0.6 is 11.6 Å². The largest absolute Gasteiger partial charge is 0.289 e. The first-order valence-electron chi connectivity index (χ1n) is 7.66. The third kappa shape index (κ3) is 3.70. The van der Waals surface area contributed by atoms with Gasteiger partial charge < -0.3 is 0 Å². The molecule has 2 N–H and O–H groups in total. The van der Waals surface area contributed by atoms with Gasteiger partial charge in [-0.1, -0.05) is 11.6 Å². The molecular formula is C17H15ClN6O2. The minimum absolute atomic E-state index is 0.0248. The lowest BCUT2D eigenvalue weighted by molar-refractivity contribution is 0.0844. The highest BCUT2D eigenvalue weighted by Gasteiger charge is 2.16. The zero-order valence-electron chi connectivity index (χ0n) is 14.0. The van der Waals surface area contributed by atoms with Crippen molar-refractivity contribution in [3.05, 3.63) is 70.4 Å². The molecule has 0 saturated carbocycles. The fourth-order valence-corrected chi connectivity index (χ4v) is 2.50. The van der Waals surface area contributed by atoms with E-state index in [0.29, 0.717) is 11.4 Å². The van der Waals surface area contributed by atoms with E-state index in [1.807, 2.05) is 19.9 Å². The number of halogens is 1. The maximum Gasteiger partial charge on any atom is 0.289 e. The molecule has 0 aliphatic carbocycles. The maximum atomic E-state index is 12.4. The average molecular weight is 371 g/mol. The first-order chi connectivity index (χ1) is 12.5. The molecule has 0 spiro atoms. The monoisotopic (exact) mass is 370 g/mol. The molecule has 8 nitrogen and oxygen atoms in total. The number of carbonyl (C=O) groups is 2. The van der Waals surface area contributed by atoms with Gasteiger partial charge >= 0.3 is 0 Å². The van der Waals surface area contributed by atoms with Crippen molar-refractivity contribution in [2.45, 2.75) is 13.8 Å². The van der Waals surface area contributed by atoms with Gasteiger partial charge in [0, 0.05) is 18.1 Å². The summed E-state index contributed by atoms with van der Waals surface area (Å²) in [5.41, 5.74) is 6.57. The summed E-state index contributed by atoms with van der Waals surface area (Å²) in [4.78, 5) is 32.4. The molecule has 3 aromatic rings. The summed E-state index contributed by atoms with van der Waals surface area (Å²) in [5, 5.41) is 4.48. The van der Waals surface area contributed by atoms with Crippen LogP contribution in [0.2, 0.25) is 5.02 Å². The van der Waals surface area contributed by atoms with E-state index in [2.05, 4.69) is 25.9 Å². The Morgan fingerprint density at radius 1 is 1.12 bits per heavy atom. The van der Waals surface area contributed by atoms with Crippen LogP contribution in [0.1, 0.15) is 32.2 Å². The Morgan fingerprint density at radius 3 is 2.54 bits per heavy atom. The molecule has 0 atom stereocenters. The summed E-state index contributed by atoms with van der Waals surface area (Å²) in [5.74, 6) is -0.698. The predicted octanol–water partition coefficient (Wildman–Crippen LogP) is 2.01. The summed E-state index contributed by atoms with van der Waals surface area (Å²) in [6.45, 7) is 3.74. The van der Waals surface area contributed by atoms with Gasteiger partial charge in [0.1, 0.15) is 0 Å². The van der Waals surface area contributed by atoms with Gasteiger partial charge in [0.15, 0.2) is 11.5 Å². The molecule has 0 aliphatic rings. The Kier molecular flexibility index (Phi) is 4.94. The maximum absolute atomic E-state index is 12.4. The van der Waals surface area contributed by atoms with Crippen LogP contribution in [0.4, 0.5) is 0 Å². The van der Waals surface area contributed by atoms with Crippen LogP contribution in [0, 0.1) is 13.8 Å². The molecule has 2 amide bonds. The normalized spacial score (nSPS) is 10.4. The Bertz CT molecular complexity index is 971. The highest BCUT2D eigenvalue weighted by molar-refractivity contribution is 6.33. The molecule has 3 rings (SSSR count). The molecule has 132 valence electrons. The van der Waals surface area contributed by atoms with Gasteiger partial charge in [0.2, 0.25) is 0 Å². The van der Waals surface area contributed by atoms with Crippen molar-refractivity contribution >= 4 is 23.4 Å². The van der Waals surface area contributed by atoms with Gasteiger partial charge in [0.25, 0.3) is 11.8 Å². The number of aryl methyl sites for hydroxylation is 2. The second kappa shape index (κ2) is 7.32. The van der Waals surface area contributed by atoms with Crippen molar-refractivity contribution in [1.82, 2.24) is 30.6 Å². The van der Waals surface area contributed by atoms with Crippen LogP contribution in [0.15, 0.2) is 42.7 Å². The van der Waals surface area contributed by atoms with E-state index < -0.39 is 11.8 Å². The van der Waals surface area contributed by atoms with Crippen molar-refractivity contribution in [2.24, 2.45) is 0 Å². The third-order valence-corrected chi connectivity index (χ3v) is 3.79. The Hall–Kier alpha value is -3.26. The number of hydrazine groups is 1. The average Bonchev–Trinajstić information content (AvgIpc) is 2.98. The number of pyridine rings is 2. The van der Waals surface area contributed by atoms with Gasteiger partial charge in [0.05, 0.1) is 16.3 Å². The van der Waals surface area contributed by atoms with Crippen molar-refractivity contribution in [3.8, 4) is 5.82 Å². The van der Waals surface area contributed by atoms with E-state index in [0.717, 1.165) is 11.4 Å². The highest BCUT2D eigenvalue weighted by atomic mass is 35.5.